The summed E-state index contributed by atoms with van der Waals surface area (Å²) in [7, 11) is 0. The van der Waals surface area contributed by atoms with Gasteiger partial charge in [-0.2, -0.15) is 0 Å². The van der Waals surface area contributed by atoms with Gasteiger partial charge in [0.25, 0.3) is 0 Å². The highest BCUT2D eigenvalue weighted by Gasteiger charge is 2.36. The molecule has 19 heavy (non-hydrogen) atoms. The Labute approximate surface area is 116 Å². The summed E-state index contributed by atoms with van der Waals surface area (Å²) in [6.45, 7) is 6.53. The summed E-state index contributed by atoms with van der Waals surface area (Å²) in [5.41, 5.74) is 3.14. The normalized spacial score (nSPS) is 31.4. The van der Waals surface area contributed by atoms with Crippen LogP contribution < -0.4 is 5.32 Å². The third-order valence-corrected chi connectivity index (χ3v) is 5.09. The fourth-order valence-electron chi connectivity index (χ4n) is 3.53. The summed E-state index contributed by atoms with van der Waals surface area (Å²) in [6.07, 6.45) is 4.92. The molecule has 1 fully saturated rings. The zero-order valence-electron chi connectivity index (χ0n) is 12.1. The lowest BCUT2D eigenvalue weighted by molar-refractivity contribution is -0.00676. The number of aryl methyl sites for hydroxylation is 1. The van der Waals surface area contributed by atoms with E-state index in [-0.39, 0.29) is 5.60 Å². The quantitative estimate of drug-likeness (QED) is 0.896. The second-order valence-corrected chi connectivity index (χ2v) is 6.33. The second-order valence-electron chi connectivity index (χ2n) is 6.33. The molecule has 1 saturated heterocycles. The average Bonchev–Trinajstić information content (AvgIpc) is 3.03. The van der Waals surface area contributed by atoms with E-state index in [1.54, 1.807) is 11.1 Å². The Morgan fingerprint density at radius 1 is 1.42 bits per heavy atom. The Morgan fingerprint density at radius 3 is 3.05 bits per heavy atom. The molecule has 0 bridgehead atoms. The molecule has 0 amide bonds. The fraction of sp³-hybridized carbons (Fsp3) is 0.647. The third-order valence-electron chi connectivity index (χ3n) is 5.09. The smallest absolute Gasteiger partial charge is 0.0804 e. The van der Waals surface area contributed by atoms with Crippen LogP contribution in [0.25, 0.3) is 0 Å². The van der Waals surface area contributed by atoms with Crippen LogP contribution in [0.1, 0.15) is 50.2 Å². The minimum absolute atomic E-state index is 0.0398. The lowest BCUT2D eigenvalue weighted by atomic mass is 9.93. The summed E-state index contributed by atoms with van der Waals surface area (Å²) in [6, 6.07) is 9.34. The van der Waals surface area contributed by atoms with Crippen molar-refractivity contribution in [3.63, 3.8) is 0 Å². The second kappa shape index (κ2) is 5.26. The van der Waals surface area contributed by atoms with Crippen molar-refractivity contribution in [3.05, 3.63) is 35.4 Å². The van der Waals surface area contributed by atoms with Gasteiger partial charge in [0.1, 0.15) is 0 Å². The zero-order chi connectivity index (χ0) is 13.3. The van der Waals surface area contributed by atoms with Gasteiger partial charge in [-0.05, 0) is 56.6 Å². The van der Waals surface area contributed by atoms with Crippen molar-refractivity contribution in [2.24, 2.45) is 0 Å². The van der Waals surface area contributed by atoms with E-state index in [0.29, 0.717) is 12.0 Å². The Kier molecular flexibility index (Phi) is 3.64. The maximum atomic E-state index is 5.92. The highest BCUT2D eigenvalue weighted by molar-refractivity contribution is 5.35. The molecule has 1 N–H and O–H groups in total. The standard InChI is InChI=1S/C17H25NO/c1-13(17(2)10-5-11-19-17)18-12-15-9-8-14-6-3-4-7-16(14)15/h3-4,6-7,13,15,18H,5,8-12H2,1-2H3/t13-,15-,17-/m0/s1. The van der Waals surface area contributed by atoms with Gasteiger partial charge in [-0.15, -0.1) is 0 Å². The van der Waals surface area contributed by atoms with Crippen LogP contribution in [0.15, 0.2) is 24.3 Å². The Balaban J connectivity index is 1.59. The van der Waals surface area contributed by atoms with Gasteiger partial charge in [0, 0.05) is 19.2 Å². The number of ether oxygens (including phenoxy) is 1. The number of hydrogen-bond donors (Lipinski definition) is 1. The van der Waals surface area contributed by atoms with Gasteiger partial charge in [0.2, 0.25) is 0 Å². The van der Waals surface area contributed by atoms with E-state index in [1.165, 1.54) is 25.7 Å². The molecule has 0 saturated carbocycles. The number of nitrogens with one attached hydrogen (secondary N) is 1. The first kappa shape index (κ1) is 13.1. The van der Waals surface area contributed by atoms with Crippen LogP contribution in [0.2, 0.25) is 0 Å². The van der Waals surface area contributed by atoms with Gasteiger partial charge < -0.3 is 10.1 Å². The third kappa shape index (κ3) is 2.56. The van der Waals surface area contributed by atoms with Crippen molar-refractivity contribution in [2.45, 2.75) is 57.1 Å². The molecule has 0 unspecified atom stereocenters. The lowest BCUT2D eigenvalue weighted by Gasteiger charge is -2.32. The first-order chi connectivity index (χ1) is 9.19. The molecule has 2 nitrogen and oxygen atoms in total. The average molecular weight is 259 g/mol. The minimum Gasteiger partial charge on any atom is -0.374 e. The van der Waals surface area contributed by atoms with Gasteiger partial charge in [-0.3, -0.25) is 0 Å². The molecule has 3 atom stereocenters. The van der Waals surface area contributed by atoms with E-state index in [1.807, 2.05) is 0 Å². The van der Waals surface area contributed by atoms with Crippen molar-refractivity contribution in [1.82, 2.24) is 5.32 Å². The monoisotopic (exact) mass is 259 g/mol. The van der Waals surface area contributed by atoms with Gasteiger partial charge in [0.05, 0.1) is 5.60 Å². The van der Waals surface area contributed by atoms with Crippen LogP contribution in [0.5, 0.6) is 0 Å². The van der Waals surface area contributed by atoms with E-state index in [9.17, 15) is 0 Å². The number of hydrogen-bond acceptors (Lipinski definition) is 2. The van der Waals surface area contributed by atoms with Crippen LogP contribution in [0.4, 0.5) is 0 Å². The van der Waals surface area contributed by atoms with Crippen LogP contribution >= 0.6 is 0 Å². The maximum Gasteiger partial charge on any atom is 0.0804 e. The van der Waals surface area contributed by atoms with E-state index in [4.69, 9.17) is 4.74 Å². The number of rotatable bonds is 4. The molecule has 104 valence electrons. The molecular formula is C17H25NO. The van der Waals surface area contributed by atoms with Crippen molar-refractivity contribution < 1.29 is 4.74 Å². The number of benzene rings is 1. The summed E-state index contributed by atoms with van der Waals surface area (Å²) >= 11 is 0. The Hall–Kier alpha value is -0.860. The molecule has 3 rings (SSSR count). The molecule has 2 aliphatic rings. The highest BCUT2D eigenvalue weighted by atomic mass is 16.5. The summed E-state index contributed by atoms with van der Waals surface area (Å²) in [4.78, 5) is 0. The molecule has 0 radical (unpaired) electrons. The summed E-state index contributed by atoms with van der Waals surface area (Å²) in [5, 5.41) is 3.72. The SMILES string of the molecule is C[C@H](NC[C@@H]1CCc2ccccc21)[C@]1(C)CCCO1. The van der Waals surface area contributed by atoms with Gasteiger partial charge >= 0.3 is 0 Å². The molecule has 1 heterocycles. The Bertz CT molecular complexity index is 437. The molecule has 1 aromatic carbocycles. The number of fused-ring (bicyclic) bond motifs is 1. The predicted molar refractivity (Wildman–Crippen MR) is 78.6 cm³/mol. The molecule has 1 aliphatic heterocycles. The van der Waals surface area contributed by atoms with Crippen LogP contribution in [0.3, 0.4) is 0 Å². The van der Waals surface area contributed by atoms with Gasteiger partial charge in [-0.1, -0.05) is 24.3 Å². The molecular weight excluding hydrogens is 234 g/mol. The molecule has 2 heteroatoms. The van der Waals surface area contributed by atoms with Crippen molar-refractivity contribution >= 4 is 0 Å². The van der Waals surface area contributed by atoms with Crippen LogP contribution in [-0.2, 0) is 11.2 Å². The molecule has 1 aliphatic carbocycles. The summed E-state index contributed by atoms with van der Waals surface area (Å²) < 4.78 is 5.92. The Morgan fingerprint density at radius 2 is 2.26 bits per heavy atom. The van der Waals surface area contributed by atoms with Crippen molar-refractivity contribution in [2.75, 3.05) is 13.2 Å². The van der Waals surface area contributed by atoms with E-state index < -0.39 is 0 Å². The molecule has 0 aromatic heterocycles. The van der Waals surface area contributed by atoms with E-state index in [0.717, 1.165) is 13.2 Å². The molecule has 0 spiro atoms. The van der Waals surface area contributed by atoms with Gasteiger partial charge in [-0.25, -0.2) is 0 Å². The van der Waals surface area contributed by atoms with Crippen LogP contribution in [-0.4, -0.2) is 24.8 Å². The zero-order valence-corrected chi connectivity index (χ0v) is 12.1. The maximum absolute atomic E-state index is 5.92. The predicted octanol–water partition coefficient (Wildman–Crippen LogP) is 3.26. The van der Waals surface area contributed by atoms with Crippen LogP contribution in [0, 0.1) is 0 Å². The van der Waals surface area contributed by atoms with E-state index in [2.05, 4.69) is 43.4 Å². The highest BCUT2D eigenvalue weighted by Crippen LogP contribution is 2.33. The lowest BCUT2D eigenvalue weighted by Crippen LogP contribution is -2.47. The largest absolute Gasteiger partial charge is 0.374 e. The van der Waals surface area contributed by atoms with Gasteiger partial charge in [0.15, 0.2) is 0 Å². The van der Waals surface area contributed by atoms with E-state index >= 15 is 0 Å². The first-order valence-electron chi connectivity index (χ1n) is 7.64. The first-order valence-corrected chi connectivity index (χ1v) is 7.64. The van der Waals surface area contributed by atoms with Crippen molar-refractivity contribution in [1.29, 1.82) is 0 Å². The fourth-order valence-corrected chi connectivity index (χ4v) is 3.53. The topological polar surface area (TPSA) is 21.3 Å². The minimum atomic E-state index is 0.0398. The van der Waals surface area contributed by atoms with Crippen molar-refractivity contribution in [3.8, 4) is 0 Å². The molecule has 1 aromatic rings. The summed E-state index contributed by atoms with van der Waals surface area (Å²) in [5.74, 6) is 0.684.